The smallest absolute Gasteiger partial charge is 0.341 e. The van der Waals surface area contributed by atoms with E-state index in [1.54, 1.807) is 0 Å². The minimum atomic E-state index is -1.71. The Morgan fingerprint density at radius 1 is 1.24 bits per heavy atom. The molecule has 0 saturated heterocycles. The van der Waals surface area contributed by atoms with E-state index in [-0.39, 0.29) is 12.0 Å². The van der Waals surface area contributed by atoms with Crippen molar-refractivity contribution in [3.63, 3.8) is 0 Å². The number of hydrogen-bond donors (Lipinski definition) is 2. The van der Waals surface area contributed by atoms with Crippen molar-refractivity contribution in [2.45, 2.75) is 6.42 Å². The van der Waals surface area contributed by atoms with Gasteiger partial charge in [0.25, 0.3) is 0 Å². The summed E-state index contributed by atoms with van der Waals surface area (Å²) in [5.74, 6) is -5.22. The lowest BCUT2D eigenvalue weighted by molar-refractivity contribution is -0.135. The van der Waals surface area contributed by atoms with Gasteiger partial charge in [0.1, 0.15) is 17.2 Å². The second-order valence-corrected chi connectivity index (χ2v) is 3.13. The topological polar surface area (TPSA) is 74.6 Å². The van der Waals surface area contributed by atoms with Crippen LogP contribution in [0.1, 0.15) is 22.3 Å². The fourth-order valence-electron chi connectivity index (χ4n) is 1.18. The van der Waals surface area contributed by atoms with Gasteiger partial charge in [-0.05, 0) is 12.1 Å². The molecule has 4 nitrogen and oxygen atoms in total. The van der Waals surface area contributed by atoms with Crippen molar-refractivity contribution in [2.75, 3.05) is 0 Å². The predicted octanol–water partition coefficient (Wildman–Crippen LogP) is 2.15. The van der Waals surface area contributed by atoms with E-state index < -0.39 is 29.1 Å². The van der Waals surface area contributed by atoms with Crippen LogP contribution >= 0.6 is 0 Å². The van der Waals surface area contributed by atoms with Crippen molar-refractivity contribution >= 4 is 18.0 Å². The monoisotopic (exact) mass is 242 g/mol. The van der Waals surface area contributed by atoms with E-state index in [1.807, 2.05) is 0 Å². The zero-order chi connectivity index (χ0) is 13.0. The van der Waals surface area contributed by atoms with Gasteiger partial charge in [0.05, 0.1) is 6.42 Å². The molecule has 2 N–H and O–H groups in total. The largest absolute Gasteiger partial charge is 0.481 e. The first-order chi connectivity index (χ1) is 7.93. The second kappa shape index (κ2) is 5.20. The summed E-state index contributed by atoms with van der Waals surface area (Å²) in [6.45, 7) is 0. The summed E-state index contributed by atoms with van der Waals surface area (Å²) >= 11 is 0. The van der Waals surface area contributed by atoms with E-state index in [4.69, 9.17) is 10.2 Å². The maximum absolute atomic E-state index is 13.5. The molecule has 1 aromatic rings. The van der Waals surface area contributed by atoms with Crippen LogP contribution in [0.25, 0.3) is 6.08 Å². The number of halogens is 2. The molecule has 6 heteroatoms. The fourth-order valence-corrected chi connectivity index (χ4v) is 1.18. The molecule has 0 aliphatic heterocycles. The summed E-state index contributed by atoms with van der Waals surface area (Å²) in [5, 5.41) is 16.9. The highest BCUT2D eigenvalue weighted by molar-refractivity contribution is 5.89. The molecule has 0 aromatic heterocycles. The lowest BCUT2D eigenvalue weighted by Gasteiger charge is -2.02. The third-order valence-electron chi connectivity index (χ3n) is 1.92. The van der Waals surface area contributed by atoms with Gasteiger partial charge in [-0.3, -0.25) is 4.79 Å². The van der Waals surface area contributed by atoms with Gasteiger partial charge in [0, 0.05) is 5.56 Å². The lowest BCUT2D eigenvalue weighted by atomic mass is 10.1. The fraction of sp³-hybridized carbons (Fsp3) is 0.0909. The van der Waals surface area contributed by atoms with E-state index >= 15 is 0 Å². The van der Waals surface area contributed by atoms with Crippen LogP contribution in [0.15, 0.2) is 18.2 Å². The number of rotatable bonds is 4. The zero-order valence-corrected chi connectivity index (χ0v) is 8.48. The number of carbonyl (C=O) groups is 2. The minimum Gasteiger partial charge on any atom is -0.481 e. The minimum absolute atomic E-state index is 0.176. The first kappa shape index (κ1) is 12.8. The maximum Gasteiger partial charge on any atom is 0.341 e. The van der Waals surface area contributed by atoms with Crippen molar-refractivity contribution in [3.05, 3.63) is 41.0 Å². The highest BCUT2D eigenvalue weighted by Crippen LogP contribution is 2.18. The molecule has 0 fully saturated rings. The molecule has 90 valence electrons. The lowest BCUT2D eigenvalue weighted by Crippen LogP contribution is -2.05. The Kier molecular flexibility index (Phi) is 3.92. The zero-order valence-electron chi connectivity index (χ0n) is 8.48. The summed E-state index contributed by atoms with van der Waals surface area (Å²) in [6.07, 6.45) is 1.90. The molecule has 17 heavy (non-hydrogen) atoms. The van der Waals surface area contributed by atoms with E-state index in [2.05, 4.69) is 0 Å². The number of hydrogen-bond acceptors (Lipinski definition) is 2. The molecule has 0 aliphatic rings. The Morgan fingerprint density at radius 3 is 2.41 bits per heavy atom. The van der Waals surface area contributed by atoms with E-state index in [0.717, 1.165) is 24.3 Å². The highest BCUT2D eigenvalue weighted by atomic mass is 19.1. The van der Waals surface area contributed by atoms with Crippen LogP contribution in [0.5, 0.6) is 0 Å². The molecule has 0 atom stereocenters. The number of carboxylic acids is 2. The summed E-state index contributed by atoms with van der Waals surface area (Å²) in [6, 6.07) is 1.85. The Balaban J connectivity index is 3.11. The molecular formula is C11H8F2O4. The first-order valence-corrected chi connectivity index (χ1v) is 4.53. The molecule has 0 aliphatic carbocycles. The Hall–Kier alpha value is -2.24. The SMILES string of the molecule is O=C(O)CC=Cc1ccc(F)c(C(=O)O)c1F. The van der Waals surface area contributed by atoms with Crippen LogP contribution in [0.2, 0.25) is 0 Å². The molecule has 0 saturated carbocycles. The number of aromatic carboxylic acids is 1. The maximum atomic E-state index is 13.5. The summed E-state index contributed by atoms with van der Waals surface area (Å²) in [4.78, 5) is 20.8. The summed E-state index contributed by atoms with van der Waals surface area (Å²) < 4.78 is 26.5. The van der Waals surface area contributed by atoms with Gasteiger partial charge in [-0.15, -0.1) is 0 Å². The van der Waals surface area contributed by atoms with Gasteiger partial charge in [0.15, 0.2) is 0 Å². The van der Waals surface area contributed by atoms with Crippen LogP contribution in [0.3, 0.4) is 0 Å². The number of carboxylic acid groups (broad SMARTS) is 2. The van der Waals surface area contributed by atoms with Crippen LogP contribution in [0, 0.1) is 11.6 Å². The van der Waals surface area contributed by atoms with Crippen LogP contribution in [-0.2, 0) is 4.79 Å². The predicted molar refractivity (Wildman–Crippen MR) is 54.6 cm³/mol. The van der Waals surface area contributed by atoms with E-state index in [1.165, 1.54) is 0 Å². The van der Waals surface area contributed by atoms with Crippen LogP contribution in [0.4, 0.5) is 8.78 Å². The second-order valence-electron chi connectivity index (χ2n) is 3.13. The van der Waals surface area contributed by atoms with Gasteiger partial charge in [-0.2, -0.15) is 0 Å². The normalized spacial score (nSPS) is 10.7. The average molecular weight is 242 g/mol. The molecule has 1 aromatic carbocycles. The Morgan fingerprint density at radius 2 is 1.88 bits per heavy atom. The van der Waals surface area contributed by atoms with Gasteiger partial charge in [0.2, 0.25) is 0 Å². The Bertz CT molecular complexity index is 494. The average Bonchev–Trinajstić information content (AvgIpc) is 2.20. The summed E-state index contributed by atoms with van der Waals surface area (Å²) in [5.41, 5.74) is -1.23. The Labute approximate surface area is 94.8 Å². The van der Waals surface area contributed by atoms with Gasteiger partial charge >= 0.3 is 11.9 Å². The first-order valence-electron chi connectivity index (χ1n) is 4.53. The van der Waals surface area contributed by atoms with Crippen LogP contribution < -0.4 is 0 Å². The van der Waals surface area contributed by atoms with Gasteiger partial charge < -0.3 is 10.2 Å². The van der Waals surface area contributed by atoms with Crippen molar-refractivity contribution < 1.29 is 28.6 Å². The molecule has 1 rings (SSSR count). The number of benzene rings is 1. The molecule has 0 bridgehead atoms. The molecule has 0 spiro atoms. The quantitative estimate of drug-likeness (QED) is 0.848. The third kappa shape index (κ3) is 3.10. The van der Waals surface area contributed by atoms with E-state index in [9.17, 15) is 18.4 Å². The molecule has 0 unspecified atom stereocenters. The van der Waals surface area contributed by atoms with E-state index in [0.29, 0.717) is 0 Å². The molecule has 0 heterocycles. The molecule has 0 amide bonds. The van der Waals surface area contributed by atoms with Crippen LogP contribution in [-0.4, -0.2) is 22.2 Å². The van der Waals surface area contributed by atoms with Crippen molar-refractivity contribution in [1.29, 1.82) is 0 Å². The van der Waals surface area contributed by atoms with Crippen molar-refractivity contribution in [3.8, 4) is 0 Å². The number of aliphatic carboxylic acids is 1. The van der Waals surface area contributed by atoms with Gasteiger partial charge in [-0.25, -0.2) is 13.6 Å². The van der Waals surface area contributed by atoms with Crippen molar-refractivity contribution in [1.82, 2.24) is 0 Å². The standard InChI is InChI=1S/C11H8F2O4/c12-7-5-4-6(2-1-3-8(14)15)10(13)9(7)11(16)17/h1-2,4-5H,3H2,(H,14,15)(H,16,17). The van der Waals surface area contributed by atoms with Crippen molar-refractivity contribution in [2.24, 2.45) is 0 Å². The molecular weight excluding hydrogens is 234 g/mol. The summed E-state index contributed by atoms with van der Waals surface area (Å²) in [7, 11) is 0. The third-order valence-corrected chi connectivity index (χ3v) is 1.92. The highest BCUT2D eigenvalue weighted by Gasteiger charge is 2.18. The molecule has 0 radical (unpaired) electrons. The van der Waals surface area contributed by atoms with Gasteiger partial charge in [-0.1, -0.05) is 12.2 Å².